The molecular formula is C12H13N7S2. The molecule has 1 saturated carbocycles. The molecule has 0 radical (unpaired) electrons. The van der Waals surface area contributed by atoms with E-state index < -0.39 is 0 Å². The van der Waals surface area contributed by atoms with Crippen LogP contribution in [0.5, 0.6) is 0 Å². The molecule has 3 heterocycles. The van der Waals surface area contributed by atoms with Crippen molar-refractivity contribution < 1.29 is 0 Å². The molecule has 4 rings (SSSR count). The van der Waals surface area contributed by atoms with Crippen LogP contribution in [-0.4, -0.2) is 37.2 Å². The van der Waals surface area contributed by atoms with Gasteiger partial charge in [-0.25, -0.2) is 14.6 Å². The van der Waals surface area contributed by atoms with Crippen LogP contribution in [0, 0.1) is 6.92 Å². The summed E-state index contributed by atoms with van der Waals surface area (Å²) in [6.07, 6.45) is 2.30. The summed E-state index contributed by atoms with van der Waals surface area (Å²) in [5, 5.41) is 17.8. The first kappa shape index (κ1) is 13.0. The van der Waals surface area contributed by atoms with Gasteiger partial charge in [-0.3, -0.25) is 0 Å². The van der Waals surface area contributed by atoms with Gasteiger partial charge in [0.1, 0.15) is 9.86 Å². The molecule has 108 valence electrons. The topological polar surface area (TPSA) is 81.4 Å². The summed E-state index contributed by atoms with van der Waals surface area (Å²) in [5.74, 6) is 0.622. The first-order valence-corrected chi connectivity index (χ1v) is 8.29. The minimum atomic E-state index is 0.452. The summed E-state index contributed by atoms with van der Waals surface area (Å²) in [4.78, 5) is 11.3. The van der Waals surface area contributed by atoms with E-state index >= 15 is 0 Å². The third kappa shape index (κ3) is 2.36. The third-order valence-corrected chi connectivity index (χ3v) is 5.15. The van der Waals surface area contributed by atoms with Crippen molar-refractivity contribution in [2.45, 2.75) is 36.0 Å². The number of tetrazole rings is 1. The van der Waals surface area contributed by atoms with Gasteiger partial charge in [0.25, 0.3) is 0 Å². The zero-order chi connectivity index (χ0) is 14.4. The van der Waals surface area contributed by atoms with Crippen LogP contribution < -0.4 is 5.32 Å². The summed E-state index contributed by atoms with van der Waals surface area (Å²) in [6.45, 7) is 2.08. The lowest BCUT2D eigenvalue weighted by atomic mass is 10.4. The molecule has 3 aromatic rings. The highest BCUT2D eigenvalue weighted by molar-refractivity contribution is 7.99. The molecule has 0 saturated heterocycles. The monoisotopic (exact) mass is 319 g/mol. The second-order valence-electron chi connectivity index (χ2n) is 4.92. The summed E-state index contributed by atoms with van der Waals surface area (Å²) in [6, 6.07) is 2.57. The molecular weight excluding hydrogens is 306 g/mol. The molecule has 9 heteroatoms. The third-order valence-electron chi connectivity index (χ3n) is 3.25. The molecule has 1 aliphatic carbocycles. The van der Waals surface area contributed by atoms with Crippen LogP contribution in [0.4, 0.5) is 5.95 Å². The Labute approximate surface area is 129 Å². The Morgan fingerprint density at radius 2 is 2.24 bits per heavy atom. The van der Waals surface area contributed by atoms with E-state index in [-0.39, 0.29) is 0 Å². The Bertz CT molecular complexity index is 805. The highest BCUT2D eigenvalue weighted by atomic mass is 32.2. The van der Waals surface area contributed by atoms with Crippen LogP contribution in [0.3, 0.4) is 0 Å². The molecule has 1 N–H and O–H groups in total. The number of hydrogen-bond acceptors (Lipinski definition) is 8. The lowest BCUT2D eigenvalue weighted by molar-refractivity contribution is 0.565. The van der Waals surface area contributed by atoms with Gasteiger partial charge in [0.15, 0.2) is 0 Å². The fourth-order valence-electron chi connectivity index (χ4n) is 2.09. The largest absolute Gasteiger partial charge is 0.357 e. The van der Waals surface area contributed by atoms with Crippen molar-refractivity contribution in [2.75, 3.05) is 12.4 Å². The minimum Gasteiger partial charge on any atom is -0.357 e. The van der Waals surface area contributed by atoms with E-state index in [9.17, 15) is 0 Å². The van der Waals surface area contributed by atoms with Gasteiger partial charge in [-0.1, -0.05) is 0 Å². The number of thiophene rings is 1. The number of rotatable bonds is 4. The van der Waals surface area contributed by atoms with Crippen LogP contribution in [0.15, 0.2) is 16.2 Å². The second-order valence-corrected chi connectivity index (χ2v) is 7.11. The van der Waals surface area contributed by atoms with E-state index in [0.29, 0.717) is 12.0 Å². The number of aromatic nitrogens is 6. The van der Waals surface area contributed by atoms with Gasteiger partial charge in [-0.15, -0.1) is 16.4 Å². The lowest BCUT2D eigenvalue weighted by Crippen LogP contribution is -2.00. The summed E-state index contributed by atoms with van der Waals surface area (Å²) >= 11 is 3.17. The van der Waals surface area contributed by atoms with Gasteiger partial charge in [0.05, 0.1) is 6.04 Å². The highest BCUT2D eigenvalue weighted by Gasteiger charge is 2.28. The average molecular weight is 319 g/mol. The Balaban J connectivity index is 1.79. The van der Waals surface area contributed by atoms with Gasteiger partial charge in [0, 0.05) is 17.3 Å². The molecule has 0 bridgehead atoms. The number of hydrogen-bond donors (Lipinski definition) is 1. The SMILES string of the molecule is CNc1nc(Sc2nnnn2C2CC2)c2cc(C)sc2n1. The van der Waals surface area contributed by atoms with E-state index in [1.807, 2.05) is 11.7 Å². The lowest BCUT2D eigenvalue weighted by Gasteiger charge is -2.05. The smallest absolute Gasteiger partial charge is 0.224 e. The number of nitrogens with zero attached hydrogens (tertiary/aromatic N) is 6. The molecule has 0 spiro atoms. The zero-order valence-electron chi connectivity index (χ0n) is 11.6. The van der Waals surface area contributed by atoms with Crippen molar-refractivity contribution in [3.05, 3.63) is 10.9 Å². The summed E-state index contributed by atoms with van der Waals surface area (Å²) in [5.41, 5.74) is 0. The standard InChI is InChI=1S/C12H13N7S2/c1-6-5-8-9(20-6)14-11(13-2)15-10(8)21-12-16-17-18-19(12)7-3-4-7/h5,7H,3-4H2,1-2H3,(H,13,14,15). The normalized spacial score (nSPS) is 14.8. The van der Waals surface area contributed by atoms with Crippen LogP contribution in [0.2, 0.25) is 0 Å². The van der Waals surface area contributed by atoms with Crippen molar-refractivity contribution in [2.24, 2.45) is 0 Å². The van der Waals surface area contributed by atoms with Crippen molar-refractivity contribution in [3.63, 3.8) is 0 Å². The molecule has 3 aromatic heterocycles. The molecule has 1 fully saturated rings. The quantitative estimate of drug-likeness (QED) is 0.740. The Morgan fingerprint density at radius 3 is 3.00 bits per heavy atom. The Kier molecular flexibility index (Phi) is 3.03. The molecule has 0 aliphatic heterocycles. The first-order valence-electron chi connectivity index (χ1n) is 6.66. The fourth-order valence-corrected chi connectivity index (χ4v) is 3.96. The van der Waals surface area contributed by atoms with Crippen LogP contribution >= 0.6 is 23.1 Å². The molecule has 0 atom stereocenters. The van der Waals surface area contributed by atoms with E-state index in [1.54, 1.807) is 11.3 Å². The maximum atomic E-state index is 4.57. The minimum absolute atomic E-state index is 0.452. The van der Waals surface area contributed by atoms with Crippen molar-refractivity contribution in [1.82, 2.24) is 30.2 Å². The van der Waals surface area contributed by atoms with E-state index in [0.717, 1.165) is 33.2 Å². The van der Waals surface area contributed by atoms with Crippen LogP contribution in [0.1, 0.15) is 23.8 Å². The van der Waals surface area contributed by atoms with Crippen molar-refractivity contribution in [3.8, 4) is 0 Å². The average Bonchev–Trinajstić information content (AvgIpc) is 3.09. The molecule has 0 aromatic carbocycles. The maximum Gasteiger partial charge on any atom is 0.224 e. The zero-order valence-corrected chi connectivity index (χ0v) is 13.2. The molecule has 0 unspecified atom stereocenters. The van der Waals surface area contributed by atoms with Gasteiger partial charge < -0.3 is 5.32 Å². The molecule has 21 heavy (non-hydrogen) atoms. The van der Waals surface area contributed by atoms with E-state index in [2.05, 4.69) is 43.8 Å². The number of aryl methyl sites for hydroxylation is 1. The predicted molar refractivity (Wildman–Crippen MR) is 81.9 cm³/mol. The molecule has 7 nitrogen and oxygen atoms in total. The fraction of sp³-hybridized carbons (Fsp3) is 0.417. The van der Waals surface area contributed by atoms with Gasteiger partial charge in [-0.05, 0) is 48.0 Å². The summed E-state index contributed by atoms with van der Waals surface area (Å²) in [7, 11) is 1.82. The highest BCUT2D eigenvalue weighted by Crippen LogP contribution is 2.39. The number of fused-ring (bicyclic) bond motifs is 1. The second kappa shape index (κ2) is 4.92. The van der Waals surface area contributed by atoms with Crippen molar-refractivity contribution >= 4 is 39.3 Å². The number of anilines is 1. The Morgan fingerprint density at radius 1 is 1.38 bits per heavy atom. The van der Waals surface area contributed by atoms with Crippen LogP contribution in [0.25, 0.3) is 10.2 Å². The van der Waals surface area contributed by atoms with Gasteiger partial charge in [0.2, 0.25) is 11.1 Å². The number of nitrogens with one attached hydrogen (secondary N) is 1. The van der Waals surface area contributed by atoms with E-state index in [4.69, 9.17) is 0 Å². The molecule has 1 aliphatic rings. The van der Waals surface area contributed by atoms with Gasteiger partial charge in [-0.2, -0.15) is 0 Å². The Hall–Kier alpha value is -1.74. The van der Waals surface area contributed by atoms with Gasteiger partial charge >= 0.3 is 0 Å². The molecule has 0 amide bonds. The predicted octanol–water partition coefficient (Wildman–Crippen LogP) is 2.51. The maximum absolute atomic E-state index is 4.57. The van der Waals surface area contributed by atoms with Crippen LogP contribution in [-0.2, 0) is 0 Å². The van der Waals surface area contributed by atoms with E-state index in [1.165, 1.54) is 16.6 Å². The summed E-state index contributed by atoms with van der Waals surface area (Å²) < 4.78 is 1.90. The first-order chi connectivity index (χ1) is 10.2. The van der Waals surface area contributed by atoms with Crippen molar-refractivity contribution in [1.29, 1.82) is 0 Å².